The average Bonchev–Trinajstić information content (AvgIpc) is 3.25. The average molecular weight is 378 g/mol. The fourth-order valence-corrected chi connectivity index (χ4v) is 3.71. The number of benzene rings is 1. The van der Waals surface area contributed by atoms with Crippen LogP contribution in [-0.4, -0.2) is 44.6 Å². The summed E-state index contributed by atoms with van der Waals surface area (Å²) in [7, 11) is 0. The van der Waals surface area contributed by atoms with E-state index in [0.717, 1.165) is 55.5 Å². The molecule has 1 aliphatic rings. The second-order valence-corrected chi connectivity index (χ2v) is 6.95. The summed E-state index contributed by atoms with van der Waals surface area (Å²) in [6.45, 7) is 5.21. The molecule has 4 rings (SSSR count). The summed E-state index contributed by atoms with van der Waals surface area (Å²) in [5.41, 5.74) is 7.62. The number of aromatic nitrogens is 5. The molecule has 0 saturated carbocycles. The minimum Gasteiger partial charge on any atom is -0.354 e. The number of nitrogens with zero attached hydrogens (tertiary/aromatic N) is 7. The quantitative estimate of drug-likeness (QED) is 0.705. The Labute approximate surface area is 165 Å². The monoisotopic (exact) mass is 378 g/mol. The summed E-state index contributed by atoms with van der Waals surface area (Å²) in [5.74, 6) is 1.86. The van der Waals surface area contributed by atoms with Crippen LogP contribution in [0.25, 0.3) is 0 Å². The van der Waals surface area contributed by atoms with Crippen molar-refractivity contribution in [1.82, 2.24) is 25.0 Å². The van der Waals surface area contributed by atoms with E-state index in [-0.39, 0.29) is 6.04 Å². The van der Waals surface area contributed by atoms with E-state index < -0.39 is 0 Å². The molecule has 3 heterocycles. The normalized spacial score (nSPS) is 16.9. The standard InChI is InChI=1S/C20H26N8/c1-2-27(17-7-4-3-5-8-17)20-11-19(22-15-23-20)26-10-6-9-18(14-26)28-13-16(12-21)24-25-28/h3-5,7-8,11,13,15,18H,2,6,9-10,12,14,21H2,1H3. The highest BCUT2D eigenvalue weighted by molar-refractivity contribution is 5.62. The summed E-state index contributed by atoms with van der Waals surface area (Å²) >= 11 is 0. The fourth-order valence-electron chi connectivity index (χ4n) is 3.71. The lowest BCUT2D eigenvalue weighted by Gasteiger charge is -2.33. The predicted molar refractivity (Wildman–Crippen MR) is 110 cm³/mol. The van der Waals surface area contributed by atoms with Gasteiger partial charge in [0.05, 0.1) is 17.9 Å². The van der Waals surface area contributed by atoms with Gasteiger partial charge in [-0.25, -0.2) is 14.6 Å². The molecule has 8 heteroatoms. The number of anilines is 3. The molecular weight excluding hydrogens is 352 g/mol. The van der Waals surface area contributed by atoms with E-state index in [1.165, 1.54) is 0 Å². The van der Waals surface area contributed by atoms with E-state index in [1.54, 1.807) is 6.33 Å². The lowest BCUT2D eigenvalue weighted by atomic mass is 10.1. The number of hydrogen-bond acceptors (Lipinski definition) is 7. The number of nitrogens with two attached hydrogens (primary N) is 1. The van der Waals surface area contributed by atoms with Crippen molar-refractivity contribution in [1.29, 1.82) is 0 Å². The van der Waals surface area contributed by atoms with Gasteiger partial charge in [0, 0.05) is 37.9 Å². The van der Waals surface area contributed by atoms with Crippen molar-refractivity contribution < 1.29 is 0 Å². The lowest BCUT2D eigenvalue weighted by Crippen LogP contribution is -2.37. The third kappa shape index (κ3) is 3.82. The van der Waals surface area contributed by atoms with Crippen LogP contribution < -0.4 is 15.5 Å². The van der Waals surface area contributed by atoms with E-state index in [9.17, 15) is 0 Å². The smallest absolute Gasteiger partial charge is 0.138 e. The van der Waals surface area contributed by atoms with Gasteiger partial charge in [-0.3, -0.25) is 0 Å². The molecule has 2 aromatic heterocycles. The number of rotatable bonds is 6. The van der Waals surface area contributed by atoms with Gasteiger partial charge in [-0.2, -0.15) is 0 Å². The molecule has 0 aliphatic carbocycles. The van der Waals surface area contributed by atoms with Gasteiger partial charge in [0.2, 0.25) is 0 Å². The zero-order valence-corrected chi connectivity index (χ0v) is 16.1. The molecule has 1 fully saturated rings. The molecule has 1 aromatic carbocycles. The van der Waals surface area contributed by atoms with Gasteiger partial charge in [0.1, 0.15) is 18.0 Å². The summed E-state index contributed by atoms with van der Waals surface area (Å²) in [6, 6.07) is 12.7. The first-order valence-electron chi connectivity index (χ1n) is 9.79. The molecule has 1 unspecified atom stereocenters. The predicted octanol–water partition coefficient (Wildman–Crippen LogP) is 2.53. The molecule has 146 valence electrons. The highest BCUT2D eigenvalue weighted by Gasteiger charge is 2.24. The Morgan fingerprint density at radius 1 is 1.21 bits per heavy atom. The van der Waals surface area contributed by atoms with Crippen molar-refractivity contribution >= 4 is 17.3 Å². The molecule has 3 aromatic rings. The molecule has 1 atom stereocenters. The largest absolute Gasteiger partial charge is 0.354 e. The maximum Gasteiger partial charge on any atom is 0.138 e. The van der Waals surface area contributed by atoms with Crippen LogP contribution in [0.4, 0.5) is 17.3 Å². The third-order valence-electron chi connectivity index (χ3n) is 5.16. The maximum absolute atomic E-state index is 5.67. The van der Waals surface area contributed by atoms with Crippen molar-refractivity contribution in [2.45, 2.75) is 32.4 Å². The van der Waals surface area contributed by atoms with Gasteiger partial charge in [-0.15, -0.1) is 5.10 Å². The molecule has 0 spiro atoms. The van der Waals surface area contributed by atoms with Crippen LogP contribution in [0.15, 0.2) is 48.9 Å². The van der Waals surface area contributed by atoms with Gasteiger partial charge in [0.25, 0.3) is 0 Å². The molecule has 28 heavy (non-hydrogen) atoms. The number of hydrogen-bond donors (Lipinski definition) is 1. The molecule has 0 amide bonds. The third-order valence-corrected chi connectivity index (χ3v) is 5.16. The van der Waals surface area contributed by atoms with Crippen LogP contribution in [0, 0.1) is 0 Å². The minimum atomic E-state index is 0.274. The van der Waals surface area contributed by atoms with Crippen molar-refractivity contribution in [3.8, 4) is 0 Å². The van der Waals surface area contributed by atoms with Gasteiger partial charge >= 0.3 is 0 Å². The molecule has 1 aliphatic heterocycles. The second kappa shape index (κ2) is 8.35. The maximum atomic E-state index is 5.67. The number of piperidine rings is 1. The Balaban J connectivity index is 1.55. The van der Waals surface area contributed by atoms with E-state index >= 15 is 0 Å². The highest BCUT2D eigenvalue weighted by Crippen LogP contribution is 2.28. The van der Waals surface area contributed by atoms with Gasteiger partial charge in [-0.05, 0) is 31.9 Å². The number of para-hydroxylation sites is 1. The van der Waals surface area contributed by atoms with Crippen LogP contribution >= 0.6 is 0 Å². The Bertz CT molecular complexity index is 894. The Kier molecular flexibility index (Phi) is 5.48. The first-order valence-corrected chi connectivity index (χ1v) is 9.79. The molecule has 0 bridgehead atoms. The van der Waals surface area contributed by atoms with Crippen LogP contribution in [-0.2, 0) is 6.54 Å². The fraction of sp³-hybridized carbons (Fsp3) is 0.400. The van der Waals surface area contributed by atoms with E-state index in [4.69, 9.17) is 5.73 Å². The van der Waals surface area contributed by atoms with Crippen LogP contribution in [0.5, 0.6) is 0 Å². The van der Waals surface area contributed by atoms with E-state index in [1.807, 2.05) is 29.1 Å². The molecule has 1 saturated heterocycles. The van der Waals surface area contributed by atoms with Crippen LogP contribution in [0.2, 0.25) is 0 Å². The Morgan fingerprint density at radius 3 is 2.82 bits per heavy atom. The SMILES string of the molecule is CCN(c1ccccc1)c1cc(N2CCCC(n3cc(CN)nn3)C2)ncn1. The summed E-state index contributed by atoms with van der Waals surface area (Å²) in [6.07, 6.45) is 5.76. The van der Waals surface area contributed by atoms with E-state index in [0.29, 0.717) is 6.54 Å². The Morgan fingerprint density at radius 2 is 2.07 bits per heavy atom. The topological polar surface area (TPSA) is 89.0 Å². The van der Waals surface area contributed by atoms with Gasteiger partial charge < -0.3 is 15.5 Å². The highest BCUT2D eigenvalue weighted by atomic mass is 15.4. The summed E-state index contributed by atoms with van der Waals surface area (Å²) < 4.78 is 1.94. The minimum absolute atomic E-state index is 0.274. The van der Waals surface area contributed by atoms with Crippen molar-refractivity contribution in [2.75, 3.05) is 29.4 Å². The zero-order valence-electron chi connectivity index (χ0n) is 16.1. The molecule has 2 N–H and O–H groups in total. The molecular formula is C20H26N8. The first-order chi connectivity index (χ1) is 13.8. The van der Waals surface area contributed by atoms with Gasteiger partial charge in [0.15, 0.2) is 0 Å². The van der Waals surface area contributed by atoms with E-state index in [2.05, 4.69) is 55.2 Å². The van der Waals surface area contributed by atoms with Crippen molar-refractivity contribution in [2.24, 2.45) is 5.73 Å². The molecule has 8 nitrogen and oxygen atoms in total. The lowest BCUT2D eigenvalue weighted by molar-refractivity contribution is 0.368. The van der Waals surface area contributed by atoms with Crippen molar-refractivity contribution in [3.63, 3.8) is 0 Å². The summed E-state index contributed by atoms with van der Waals surface area (Å²) in [4.78, 5) is 13.6. The summed E-state index contributed by atoms with van der Waals surface area (Å²) in [5, 5.41) is 8.38. The van der Waals surface area contributed by atoms with Crippen LogP contribution in [0.3, 0.4) is 0 Å². The zero-order chi connectivity index (χ0) is 19.3. The van der Waals surface area contributed by atoms with Crippen molar-refractivity contribution in [3.05, 3.63) is 54.6 Å². The molecule has 0 radical (unpaired) electrons. The van der Waals surface area contributed by atoms with Crippen LogP contribution in [0.1, 0.15) is 31.5 Å². The first kappa shape index (κ1) is 18.4. The Hall–Kier alpha value is -3.00. The second-order valence-electron chi connectivity index (χ2n) is 6.95. The van der Waals surface area contributed by atoms with Gasteiger partial charge in [-0.1, -0.05) is 23.4 Å².